The fraction of sp³-hybridized carbons (Fsp3) is 0.500. The van der Waals surface area contributed by atoms with Crippen LogP contribution in [0.3, 0.4) is 0 Å². The number of thioether (sulfide) groups is 1. The Hall–Kier alpha value is 0.570. The molecule has 0 aliphatic carbocycles. The first-order valence-corrected chi connectivity index (χ1v) is 3.49. The number of nitrogens with zero attached hydrogens (tertiary/aromatic N) is 1. The summed E-state index contributed by atoms with van der Waals surface area (Å²) in [6, 6.07) is 0. The Morgan fingerprint density at radius 2 is 2.60 bits per heavy atom. The summed E-state index contributed by atoms with van der Waals surface area (Å²) in [5, 5.41) is 9.70. The Morgan fingerprint density at radius 3 is 2.60 bits per heavy atom. The first-order valence-electron chi connectivity index (χ1n) is 0.984. The number of thiocyanates is 1. The molecule has 0 fully saturated rings. The largest absolute Gasteiger partial charge is 0.185 e. The van der Waals surface area contributed by atoms with Gasteiger partial charge in [0.25, 0.3) is 0 Å². The topological polar surface area (TPSA) is 23.8 Å². The maximum Gasteiger partial charge on any atom is 0.134 e. The smallest absolute Gasteiger partial charge is 0.134 e. The molecule has 0 atom stereocenters. The monoisotopic (exact) mass is 199 g/mol. The molecule has 0 N–H and O–H groups in total. The van der Waals surface area contributed by atoms with Crippen molar-refractivity contribution in [1.82, 2.24) is 0 Å². The third-order valence-corrected chi connectivity index (χ3v) is 1.29. The number of rotatable bonds is 1. The molecule has 0 heterocycles. The molecule has 0 aromatic rings. The summed E-state index contributed by atoms with van der Waals surface area (Å²) in [5.41, 5.74) is 0. The van der Waals surface area contributed by atoms with E-state index in [0.717, 1.165) is 3.76 Å². The highest BCUT2D eigenvalue weighted by molar-refractivity contribution is 14.1. The standard InChI is InChI=1S/C2H2INS/c3-1-5-2-4/h1H2. The highest BCUT2D eigenvalue weighted by atomic mass is 127. The van der Waals surface area contributed by atoms with Gasteiger partial charge >= 0.3 is 0 Å². The molecule has 0 rings (SSSR count). The van der Waals surface area contributed by atoms with E-state index < -0.39 is 0 Å². The van der Waals surface area contributed by atoms with Gasteiger partial charge in [-0.05, 0) is 11.8 Å². The number of alkyl halides is 1. The van der Waals surface area contributed by atoms with Gasteiger partial charge in [0.05, 0.1) is 3.76 Å². The fourth-order valence-electron chi connectivity index (χ4n) is 0.0244. The van der Waals surface area contributed by atoms with Crippen LogP contribution in [0.1, 0.15) is 0 Å². The molecule has 1 nitrogen and oxygen atoms in total. The Kier molecular flexibility index (Phi) is 5.09. The van der Waals surface area contributed by atoms with E-state index in [4.69, 9.17) is 5.26 Å². The summed E-state index contributed by atoms with van der Waals surface area (Å²) in [4.78, 5) is 0. The Morgan fingerprint density at radius 1 is 2.00 bits per heavy atom. The van der Waals surface area contributed by atoms with Crippen molar-refractivity contribution in [2.75, 3.05) is 3.76 Å². The summed E-state index contributed by atoms with van der Waals surface area (Å²) in [5.74, 6) is 0. The Bertz CT molecular complexity index is 48.1. The molecule has 0 radical (unpaired) electrons. The minimum Gasteiger partial charge on any atom is -0.185 e. The predicted octanol–water partition coefficient (Wildman–Crippen LogP) is 1.59. The van der Waals surface area contributed by atoms with Crippen LogP contribution in [0, 0.1) is 10.7 Å². The van der Waals surface area contributed by atoms with Gasteiger partial charge in [-0.2, -0.15) is 5.26 Å². The zero-order valence-electron chi connectivity index (χ0n) is 2.44. The zero-order valence-corrected chi connectivity index (χ0v) is 5.41. The van der Waals surface area contributed by atoms with Gasteiger partial charge in [0.1, 0.15) is 5.40 Å². The molecular weight excluding hydrogens is 197 g/mol. The highest BCUT2D eigenvalue weighted by Crippen LogP contribution is 1.99. The van der Waals surface area contributed by atoms with Gasteiger partial charge in [-0.3, -0.25) is 0 Å². The van der Waals surface area contributed by atoms with Crippen molar-refractivity contribution in [1.29, 1.82) is 5.26 Å². The molecule has 28 valence electrons. The molecule has 0 amide bonds. The van der Waals surface area contributed by atoms with E-state index in [2.05, 4.69) is 22.6 Å². The number of nitriles is 1. The Labute approximate surface area is 48.9 Å². The molecule has 0 spiro atoms. The normalized spacial score (nSPS) is 6.40. The van der Waals surface area contributed by atoms with Crippen molar-refractivity contribution in [2.45, 2.75) is 0 Å². The van der Waals surface area contributed by atoms with Gasteiger partial charge in [0.15, 0.2) is 0 Å². The van der Waals surface area contributed by atoms with Crippen molar-refractivity contribution >= 4 is 34.4 Å². The van der Waals surface area contributed by atoms with Crippen molar-refractivity contribution in [3.63, 3.8) is 0 Å². The van der Waals surface area contributed by atoms with E-state index in [1.165, 1.54) is 11.8 Å². The lowest BCUT2D eigenvalue weighted by molar-refractivity contribution is 1.57. The van der Waals surface area contributed by atoms with Crippen LogP contribution in [-0.2, 0) is 0 Å². The third-order valence-electron chi connectivity index (χ3n) is 0.119. The first kappa shape index (κ1) is 5.57. The van der Waals surface area contributed by atoms with Crippen molar-refractivity contribution in [3.05, 3.63) is 0 Å². The van der Waals surface area contributed by atoms with E-state index in [-0.39, 0.29) is 0 Å². The van der Waals surface area contributed by atoms with Gasteiger partial charge in [0.2, 0.25) is 0 Å². The fourth-order valence-corrected chi connectivity index (χ4v) is 0.491. The zero-order chi connectivity index (χ0) is 4.12. The van der Waals surface area contributed by atoms with Gasteiger partial charge in [-0.15, -0.1) is 0 Å². The quantitative estimate of drug-likeness (QED) is 0.363. The summed E-state index contributed by atoms with van der Waals surface area (Å²) < 4.78 is 0.869. The maximum absolute atomic E-state index is 7.77. The Balaban J connectivity index is 2.48. The summed E-state index contributed by atoms with van der Waals surface area (Å²) >= 11 is 3.38. The average molecular weight is 199 g/mol. The SMILES string of the molecule is N#CSCI. The molecule has 3 heteroatoms. The van der Waals surface area contributed by atoms with Crippen LogP contribution in [0.15, 0.2) is 0 Å². The van der Waals surface area contributed by atoms with Gasteiger partial charge in [0, 0.05) is 0 Å². The molecular formula is C2H2INS. The third kappa shape index (κ3) is 4.57. The maximum atomic E-state index is 7.77. The second kappa shape index (κ2) is 4.57. The van der Waals surface area contributed by atoms with Gasteiger partial charge < -0.3 is 0 Å². The average Bonchev–Trinajstić information content (AvgIpc) is 1.41. The summed E-state index contributed by atoms with van der Waals surface area (Å²) in [7, 11) is 0. The van der Waals surface area contributed by atoms with Gasteiger partial charge in [-0.1, -0.05) is 22.6 Å². The van der Waals surface area contributed by atoms with E-state index in [0.29, 0.717) is 0 Å². The minimum absolute atomic E-state index is 0.869. The lowest BCUT2D eigenvalue weighted by Crippen LogP contribution is -1.43. The van der Waals surface area contributed by atoms with Crippen LogP contribution >= 0.6 is 34.4 Å². The number of hydrogen-bond donors (Lipinski definition) is 0. The molecule has 5 heavy (non-hydrogen) atoms. The molecule has 0 saturated carbocycles. The van der Waals surface area contributed by atoms with Crippen molar-refractivity contribution in [2.24, 2.45) is 0 Å². The highest BCUT2D eigenvalue weighted by Gasteiger charge is 1.67. The molecule has 0 saturated heterocycles. The minimum atomic E-state index is 0.869. The summed E-state index contributed by atoms with van der Waals surface area (Å²) in [6.07, 6.45) is 0. The number of hydrogen-bond acceptors (Lipinski definition) is 2. The van der Waals surface area contributed by atoms with Crippen LogP contribution in [0.5, 0.6) is 0 Å². The second-order valence-corrected chi connectivity index (χ2v) is 2.90. The van der Waals surface area contributed by atoms with E-state index >= 15 is 0 Å². The van der Waals surface area contributed by atoms with Crippen LogP contribution in [0.2, 0.25) is 0 Å². The first-order chi connectivity index (χ1) is 2.41. The van der Waals surface area contributed by atoms with Crippen LogP contribution in [-0.4, -0.2) is 3.76 Å². The summed E-state index contributed by atoms with van der Waals surface area (Å²) in [6.45, 7) is 0. The van der Waals surface area contributed by atoms with E-state index in [1.54, 1.807) is 0 Å². The lowest BCUT2D eigenvalue weighted by Gasteiger charge is -1.63. The van der Waals surface area contributed by atoms with Crippen molar-refractivity contribution in [3.8, 4) is 5.40 Å². The van der Waals surface area contributed by atoms with Crippen LogP contribution in [0.25, 0.3) is 0 Å². The molecule has 0 aromatic heterocycles. The van der Waals surface area contributed by atoms with Crippen molar-refractivity contribution < 1.29 is 0 Å². The molecule has 0 aromatic carbocycles. The van der Waals surface area contributed by atoms with E-state index in [1.807, 2.05) is 5.40 Å². The van der Waals surface area contributed by atoms with Crippen LogP contribution < -0.4 is 0 Å². The second-order valence-electron chi connectivity index (χ2n) is 0.345. The van der Waals surface area contributed by atoms with Crippen LogP contribution in [0.4, 0.5) is 0 Å². The van der Waals surface area contributed by atoms with E-state index in [9.17, 15) is 0 Å². The lowest BCUT2D eigenvalue weighted by atomic mass is 11.8. The molecule has 0 aliphatic heterocycles. The predicted molar refractivity (Wildman–Crippen MR) is 32.1 cm³/mol. The number of halogens is 1. The molecule has 0 bridgehead atoms. The molecule has 0 aliphatic rings. The molecule has 0 unspecified atom stereocenters. The van der Waals surface area contributed by atoms with Gasteiger partial charge in [-0.25, -0.2) is 0 Å².